The van der Waals surface area contributed by atoms with Gasteiger partial charge in [0, 0.05) is 31.9 Å². The monoisotopic (exact) mass is 258 g/mol. The van der Waals surface area contributed by atoms with E-state index in [1.165, 1.54) is 0 Å². The Bertz CT molecular complexity index is 619. The van der Waals surface area contributed by atoms with Crippen molar-refractivity contribution in [1.29, 1.82) is 0 Å². The van der Waals surface area contributed by atoms with Crippen LogP contribution in [0.25, 0.3) is 0 Å². The Balaban J connectivity index is 1.62. The number of aryl methyl sites for hydroxylation is 1. The van der Waals surface area contributed by atoms with Gasteiger partial charge in [-0.1, -0.05) is 0 Å². The van der Waals surface area contributed by atoms with Gasteiger partial charge in [0.25, 0.3) is 0 Å². The van der Waals surface area contributed by atoms with Gasteiger partial charge in [-0.2, -0.15) is 0 Å². The predicted molar refractivity (Wildman–Crippen MR) is 68.7 cm³/mol. The molecule has 0 saturated heterocycles. The van der Waals surface area contributed by atoms with Crippen molar-refractivity contribution in [3.63, 3.8) is 0 Å². The van der Waals surface area contributed by atoms with Gasteiger partial charge in [-0.25, -0.2) is 4.98 Å². The van der Waals surface area contributed by atoms with Crippen molar-refractivity contribution < 1.29 is 14.3 Å². The molecule has 1 aromatic heterocycles. The second kappa shape index (κ2) is 4.76. The van der Waals surface area contributed by atoms with Crippen molar-refractivity contribution in [2.75, 3.05) is 13.2 Å². The molecule has 3 rings (SSSR count). The van der Waals surface area contributed by atoms with Crippen molar-refractivity contribution in [3.05, 3.63) is 42.0 Å². The fraction of sp³-hybridized carbons (Fsp3) is 0.286. The first kappa shape index (κ1) is 11.8. The van der Waals surface area contributed by atoms with Crippen LogP contribution in [0.4, 0.5) is 0 Å². The number of aromatic nitrogens is 2. The maximum absolute atomic E-state index is 11.4. The molecule has 2 aromatic rings. The van der Waals surface area contributed by atoms with Crippen molar-refractivity contribution in [2.24, 2.45) is 7.05 Å². The van der Waals surface area contributed by atoms with E-state index in [0.29, 0.717) is 23.7 Å². The number of hydrogen-bond donors (Lipinski definition) is 0. The summed E-state index contributed by atoms with van der Waals surface area (Å²) < 4.78 is 12.9. The third-order valence-electron chi connectivity index (χ3n) is 3.13. The van der Waals surface area contributed by atoms with Crippen molar-refractivity contribution >= 4 is 5.78 Å². The molecule has 0 radical (unpaired) electrons. The number of ether oxygens (including phenoxy) is 2. The quantitative estimate of drug-likeness (QED) is 0.836. The minimum atomic E-state index is 0.0227. The van der Waals surface area contributed by atoms with E-state index in [-0.39, 0.29) is 12.4 Å². The van der Waals surface area contributed by atoms with E-state index in [1.54, 1.807) is 24.4 Å². The van der Waals surface area contributed by atoms with Crippen LogP contribution in [0.2, 0.25) is 0 Å². The minimum absolute atomic E-state index is 0.0227. The Morgan fingerprint density at radius 1 is 1.47 bits per heavy atom. The lowest BCUT2D eigenvalue weighted by atomic mass is 10.1. The number of nitrogens with zero attached hydrogens (tertiary/aromatic N) is 2. The van der Waals surface area contributed by atoms with Crippen LogP contribution in [-0.4, -0.2) is 28.5 Å². The minimum Gasteiger partial charge on any atom is -0.493 e. The molecule has 0 amide bonds. The third-order valence-corrected chi connectivity index (χ3v) is 3.13. The molecule has 2 heterocycles. The zero-order valence-corrected chi connectivity index (χ0v) is 10.6. The molecule has 0 N–H and O–H groups in total. The summed E-state index contributed by atoms with van der Waals surface area (Å²) in [5.74, 6) is 2.32. The number of hydrogen-bond acceptors (Lipinski definition) is 4. The molecule has 0 aliphatic carbocycles. The number of benzene rings is 1. The summed E-state index contributed by atoms with van der Waals surface area (Å²) in [5, 5.41) is 0. The first-order valence-corrected chi connectivity index (χ1v) is 6.13. The van der Waals surface area contributed by atoms with Crippen LogP contribution >= 0.6 is 0 Å². The summed E-state index contributed by atoms with van der Waals surface area (Å²) in [5.41, 5.74) is 0.636. The number of ketones is 1. The fourth-order valence-corrected chi connectivity index (χ4v) is 2.06. The van der Waals surface area contributed by atoms with Gasteiger partial charge in [-0.15, -0.1) is 0 Å². The lowest BCUT2D eigenvalue weighted by molar-refractivity contribution is 0.0961. The van der Waals surface area contributed by atoms with E-state index in [9.17, 15) is 4.79 Å². The molecule has 1 aliphatic rings. The van der Waals surface area contributed by atoms with E-state index in [1.807, 2.05) is 17.8 Å². The van der Waals surface area contributed by atoms with Crippen LogP contribution in [0.15, 0.2) is 30.6 Å². The van der Waals surface area contributed by atoms with Crippen molar-refractivity contribution in [3.8, 4) is 11.5 Å². The second-order valence-corrected chi connectivity index (χ2v) is 4.42. The summed E-state index contributed by atoms with van der Waals surface area (Å²) in [7, 11) is 1.96. The highest BCUT2D eigenvalue weighted by Crippen LogP contribution is 2.29. The Morgan fingerprint density at radius 2 is 2.37 bits per heavy atom. The Morgan fingerprint density at radius 3 is 3.16 bits per heavy atom. The highest BCUT2D eigenvalue weighted by molar-refractivity contribution is 6.02. The smallest absolute Gasteiger partial charge is 0.203 e. The zero-order chi connectivity index (χ0) is 13.2. The molecule has 98 valence electrons. The number of imidazole rings is 1. The molecule has 0 bridgehead atoms. The molecule has 0 fully saturated rings. The summed E-state index contributed by atoms with van der Waals surface area (Å²) in [6, 6.07) is 5.31. The largest absolute Gasteiger partial charge is 0.493 e. The molecule has 5 heteroatoms. The lowest BCUT2D eigenvalue weighted by Crippen LogP contribution is -2.06. The maximum atomic E-state index is 11.4. The number of rotatable bonds is 4. The molecule has 1 aromatic carbocycles. The SMILES string of the molecule is Cn1ccnc1CCOc1ccc2c(c1)OCC2=O. The van der Waals surface area contributed by atoms with Gasteiger partial charge in [0.2, 0.25) is 5.78 Å². The van der Waals surface area contributed by atoms with E-state index in [0.717, 1.165) is 12.2 Å². The Labute approximate surface area is 110 Å². The van der Waals surface area contributed by atoms with Gasteiger partial charge >= 0.3 is 0 Å². The summed E-state index contributed by atoms with van der Waals surface area (Å²) in [4.78, 5) is 15.6. The van der Waals surface area contributed by atoms with Gasteiger partial charge < -0.3 is 14.0 Å². The van der Waals surface area contributed by atoms with E-state index >= 15 is 0 Å². The summed E-state index contributed by atoms with van der Waals surface area (Å²) in [6.45, 7) is 0.670. The molecule has 0 spiro atoms. The number of fused-ring (bicyclic) bond motifs is 1. The van der Waals surface area contributed by atoms with E-state index < -0.39 is 0 Å². The second-order valence-electron chi connectivity index (χ2n) is 4.42. The van der Waals surface area contributed by atoms with Crippen molar-refractivity contribution in [2.45, 2.75) is 6.42 Å². The van der Waals surface area contributed by atoms with Crippen LogP contribution < -0.4 is 9.47 Å². The fourth-order valence-electron chi connectivity index (χ4n) is 2.06. The molecule has 19 heavy (non-hydrogen) atoms. The van der Waals surface area contributed by atoms with Gasteiger partial charge in [-0.05, 0) is 12.1 Å². The van der Waals surface area contributed by atoms with Gasteiger partial charge in [-0.3, -0.25) is 4.79 Å². The first-order valence-electron chi connectivity index (χ1n) is 6.13. The average Bonchev–Trinajstić information content (AvgIpc) is 2.97. The lowest BCUT2D eigenvalue weighted by Gasteiger charge is -2.07. The molecular formula is C14H14N2O3. The van der Waals surface area contributed by atoms with Crippen LogP contribution in [0.3, 0.4) is 0 Å². The zero-order valence-electron chi connectivity index (χ0n) is 10.6. The third kappa shape index (κ3) is 2.31. The van der Waals surface area contributed by atoms with Gasteiger partial charge in [0.1, 0.15) is 17.3 Å². The van der Waals surface area contributed by atoms with Crippen molar-refractivity contribution in [1.82, 2.24) is 9.55 Å². The topological polar surface area (TPSA) is 53.4 Å². The number of Topliss-reactive ketones (excluding diaryl/α,β-unsaturated/α-hetero) is 1. The summed E-state index contributed by atoms with van der Waals surface area (Å²) in [6.07, 6.45) is 4.41. The van der Waals surface area contributed by atoms with Gasteiger partial charge in [0.15, 0.2) is 6.61 Å². The van der Waals surface area contributed by atoms with E-state index in [2.05, 4.69) is 4.98 Å². The van der Waals surface area contributed by atoms with Crippen LogP contribution in [0.5, 0.6) is 11.5 Å². The number of carbonyl (C=O) groups is 1. The maximum Gasteiger partial charge on any atom is 0.203 e. The molecule has 0 unspecified atom stereocenters. The summed E-state index contributed by atoms with van der Waals surface area (Å²) >= 11 is 0. The van der Waals surface area contributed by atoms with Crippen LogP contribution in [0, 0.1) is 0 Å². The Hall–Kier alpha value is -2.30. The molecule has 5 nitrogen and oxygen atoms in total. The van der Waals surface area contributed by atoms with Gasteiger partial charge in [0.05, 0.1) is 12.2 Å². The highest BCUT2D eigenvalue weighted by Gasteiger charge is 2.21. The standard InChI is InChI=1S/C14H14N2O3/c1-16-6-5-15-14(16)4-7-18-10-2-3-11-12(17)9-19-13(11)8-10/h2-3,5-6,8H,4,7,9H2,1H3. The molecule has 1 aliphatic heterocycles. The normalized spacial score (nSPS) is 13.2. The number of carbonyl (C=O) groups excluding carboxylic acids is 1. The first-order chi connectivity index (χ1) is 9.24. The predicted octanol–water partition coefficient (Wildman–Crippen LogP) is 1.62. The van der Waals surface area contributed by atoms with Crippen LogP contribution in [0.1, 0.15) is 16.2 Å². The molecule has 0 atom stereocenters. The molecular weight excluding hydrogens is 244 g/mol. The Kier molecular flexibility index (Phi) is 2.95. The van der Waals surface area contributed by atoms with Crippen LogP contribution in [-0.2, 0) is 13.5 Å². The average molecular weight is 258 g/mol. The molecule has 0 saturated carbocycles. The highest BCUT2D eigenvalue weighted by atomic mass is 16.5. The van der Waals surface area contributed by atoms with E-state index in [4.69, 9.17) is 9.47 Å².